The molecule has 5 aromatic rings. The molecular weight excluding hydrogens is 592 g/mol. The number of nitrogens with zero attached hydrogens (tertiary/aromatic N) is 3. The Kier molecular flexibility index (Phi) is 8.90. The van der Waals surface area contributed by atoms with Crippen molar-refractivity contribution in [3.8, 4) is 17.1 Å². The van der Waals surface area contributed by atoms with Crippen LogP contribution in [0.5, 0.6) is 5.88 Å². The van der Waals surface area contributed by atoms with Crippen LogP contribution in [0.2, 0.25) is 0 Å². The van der Waals surface area contributed by atoms with Crippen LogP contribution >= 0.6 is 0 Å². The number of rotatable bonds is 10. The number of pyridine rings is 1. The number of fused-ring (bicyclic) bond motifs is 1. The van der Waals surface area contributed by atoms with Crippen molar-refractivity contribution in [3.63, 3.8) is 0 Å². The Morgan fingerprint density at radius 3 is 2.25 bits per heavy atom. The molecule has 0 spiro atoms. The highest BCUT2D eigenvalue weighted by Gasteiger charge is 2.21. The topological polar surface area (TPSA) is 89.6 Å². The van der Waals surface area contributed by atoms with Gasteiger partial charge >= 0.3 is 0 Å². The average molecular weight is 618 g/mol. The van der Waals surface area contributed by atoms with Crippen molar-refractivity contribution in [2.45, 2.75) is 32.8 Å². The molecule has 0 saturated heterocycles. The number of imidazole rings is 1. The van der Waals surface area contributed by atoms with Crippen molar-refractivity contribution < 1.29 is 46.0 Å². The average Bonchev–Trinajstić information content (AvgIpc) is 3.33. The number of aryl methyl sites for hydroxylation is 1. The summed E-state index contributed by atoms with van der Waals surface area (Å²) in [6.07, 6.45) is -2.22. The fraction of sp³-hybridized carbons (Fsp3) is 0.226. The molecule has 0 radical (unpaired) electrons. The molecule has 0 unspecified atom stereocenters. The van der Waals surface area contributed by atoms with Crippen LogP contribution < -0.4 is 4.74 Å². The summed E-state index contributed by atoms with van der Waals surface area (Å²) in [5.74, 6) is -5.51. The Bertz CT molecular complexity index is 1860. The van der Waals surface area contributed by atoms with E-state index in [2.05, 4.69) is 9.97 Å². The van der Waals surface area contributed by atoms with Crippen LogP contribution in [-0.2, 0) is 24.3 Å². The number of ether oxygens (including phenoxy) is 2. The minimum absolute atomic E-state index is 0.0774. The minimum Gasteiger partial charge on any atom is -0.471 e. The Labute approximate surface area is 247 Å². The van der Waals surface area contributed by atoms with E-state index in [0.29, 0.717) is 0 Å². The standard InChI is InChI=1S/C31H25F6N3O4/c1-15-7-22(34)18(10-21(15)33)14-44-30-20(32)3-4-26(38-30)19-13-23(35)16(8-24(19)36)12-28-39-29-25(37)9-17(31(41)42)11-27(29)40(28)5-6-43-2/h3-4,7-11,13,31,41-42H,5-6,12,14H2,1-2H3. The van der Waals surface area contributed by atoms with E-state index < -0.39 is 53.7 Å². The van der Waals surface area contributed by atoms with Crippen molar-refractivity contribution >= 4 is 11.0 Å². The highest BCUT2D eigenvalue weighted by atomic mass is 19.1. The van der Waals surface area contributed by atoms with Crippen molar-refractivity contribution in [2.24, 2.45) is 0 Å². The van der Waals surface area contributed by atoms with Crippen LogP contribution in [0.3, 0.4) is 0 Å². The molecule has 3 aromatic carbocycles. The van der Waals surface area contributed by atoms with Crippen molar-refractivity contribution in [1.82, 2.24) is 14.5 Å². The van der Waals surface area contributed by atoms with E-state index in [9.17, 15) is 27.8 Å². The molecule has 0 aliphatic rings. The molecule has 0 bridgehead atoms. The van der Waals surface area contributed by atoms with Crippen molar-refractivity contribution in [2.75, 3.05) is 13.7 Å². The quantitative estimate of drug-likeness (QED) is 0.147. The van der Waals surface area contributed by atoms with Crippen LogP contribution in [0, 0.1) is 41.8 Å². The van der Waals surface area contributed by atoms with E-state index in [4.69, 9.17) is 9.47 Å². The van der Waals surface area contributed by atoms with Gasteiger partial charge in [-0.25, -0.2) is 36.3 Å². The van der Waals surface area contributed by atoms with Gasteiger partial charge in [-0.05, 0) is 66.6 Å². The predicted octanol–water partition coefficient (Wildman–Crippen LogP) is 6.04. The normalized spacial score (nSPS) is 11.6. The zero-order valence-electron chi connectivity index (χ0n) is 23.3. The number of halogens is 6. The van der Waals surface area contributed by atoms with E-state index >= 15 is 8.78 Å². The van der Waals surface area contributed by atoms with E-state index in [1.165, 1.54) is 24.7 Å². The molecule has 5 rings (SSSR count). The van der Waals surface area contributed by atoms with Gasteiger partial charge in [0.05, 0.1) is 17.8 Å². The van der Waals surface area contributed by atoms with Gasteiger partial charge in [0.15, 0.2) is 17.9 Å². The zero-order chi connectivity index (χ0) is 31.7. The molecule has 0 atom stereocenters. The summed E-state index contributed by atoms with van der Waals surface area (Å²) in [6.45, 7) is 1.11. The summed E-state index contributed by atoms with van der Waals surface area (Å²) in [5.41, 5.74) is -0.793. The molecule has 0 aliphatic carbocycles. The number of hydrogen-bond acceptors (Lipinski definition) is 6. The van der Waals surface area contributed by atoms with Crippen LogP contribution in [0.1, 0.15) is 34.4 Å². The van der Waals surface area contributed by atoms with Gasteiger partial charge in [-0.15, -0.1) is 0 Å². The van der Waals surface area contributed by atoms with Gasteiger partial charge in [0.2, 0.25) is 0 Å². The molecular formula is C31H25F6N3O4. The Balaban J connectivity index is 1.45. The fourth-order valence-corrected chi connectivity index (χ4v) is 4.67. The first kappa shape index (κ1) is 31.0. The predicted molar refractivity (Wildman–Crippen MR) is 147 cm³/mol. The fourth-order valence-electron chi connectivity index (χ4n) is 4.67. The monoisotopic (exact) mass is 617 g/mol. The summed E-state index contributed by atoms with van der Waals surface area (Å²) in [5, 5.41) is 19.1. The number of hydrogen-bond donors (Lipinski definition) is 2. The van der Waals surface area contributed by atoms with Crippen LogP contribution in [0.15, 0.2) is 48.5 Å². The molecule has 0 amide bonds. The van der Waals surface area contributed by atoms with Crippen LogP contribution in [0.4, 0.5) is 26.3 Å². The third kappa shape index (κ3) is 6.25. The Morgan fingerprint density at radius 2 is 1.52 bits per heavy atom. The Hall–Kier alpha value is -4.46. The van der Waals surface area contributed by atoms with Gasteiger partial charge in [0.25, 0.3) is 5.88 Å². The van der Waals surface area contributed by atoms with E-state index in [-0.39, 0.29) is 69.9 Å². The third-order valence-corrected chi connectivity index (χ3v) is 6.99. The lowest BCUT2D eigenvalue weighted by atomic mass is 10.0. The first-order chi connectivity index (χ1) is 21.0. The Morgan fingerprint density at radius 1 is 0.795 bits per heavy atom. The first-order valence-electron chi connectivity index (χ1n) is 13.2. The SMILES string of the molecule is COCCn1c(Cc2cc(F)c(-c3ccc(F)c(OCc4cc(F)c(C)cc4F)n3)cc2F)nc2c(F)cc(C(O)O)cc21. The highest BCUT2D eigenvalue weighted by molar-refractivity contribution is 5.78. The minimum atomic E-state index is -1.94. The largest absolute Gasteiger partial charge is 0.471 e. The summed E-state index contributed by atoms with van der Waals surface area (Å²) in [6, 6.07) is 7.90. The number of aliphatic hydroxyl groups excluding tert-OH is 1. The molecule has 230 valence electrons. The lowest BCUT2D eigenvalue weighted by molar-refractivity contribution is -0.0426. The highest BCUT2D eigenvalue weighted by Crippen LogP contribution is 2.30. The number of benzene rings is 3. The lowest BCUT2D eigenvalue weighted by Gasteiger charge is -2.12. The zero-order valence-corrected chi connectivity index (χ0v) is 23.3. The summed E-state index contributed by atoms with van der Waals surface area (Å²) in [7, 11) is 1.44. The molecule has 2 N–H and O–H groups in total. The molecule has 44 heavy (non-hydrogen) atoms. The van der Waals surface area contributed by atoms with Gasteiger partial charge in [0.1, 0.15) is 41.2 Å². The van der Waals surface area contributed by atoms with Crippen molar-refractivity contribution in [1.29, 1.82) is 0 Å². The molecule has 2 aromatic heterocycles. The molecule has 0 aliphatic heterocycles. The van der Waals surface area contributed by atoms with E-state index in [0.717, 1.165) is 42.5 Å². The summed E-state index contributed by atoms with van der Waals surface area (Å²) >= 11 is 0. The van der Waals surface area contributed by atoms with Crippen LogP contribution in [-0.4, -0.2) is 38.5 Å². The maximum atomic E-state index is 15.4. The second-order valence-corrected chi connectivity index (χ2v) is 9.98. The molecule has 2 heterocycles. The maximum absolute atomic E-state index is 15.4. The smallest absolute Gasteiger partial charge is 0.251 e. The molecule has 0 fully saturated rings. The number of aliphatic hydroxyl groups is 2. The van der Waals surface area contributed by atoms with Crippen molar-refractivity contribution in [3.05, 3.63) is 112 Å². The summed E-state index contributed by atoms with van der Waals surface area (Å²) < 4.78 is 99.8. The number of aromatic nitrogens is 3. The van der Waals surface area contributed by atoms with Crippen LogP contribution in [0.25, 0.3) is 22.3 Å². The second-order valence-electron chi connectivity index (χ2n) is 9.98. The lowest BCUT2D eigenvalue weighted by Crippen LogP contribution is -2.10. The summed E-state index contributed by atoms with van der Waals surface area (Å²) in [4.78, 5) is 8.17. The second kappa shape index (κ2) is 12.6. The van der Waals surface area contributed by atoms with Gasteiger partial charge < -0.3 is 24.3 Å². The van der Waals surface area contributed by atoms with Gasteiger partial charge in [-0.3, -0.25) is 0 Å². The molecule has 13 heteroatoms. The first-order valence-corrected chi connectivity index (χ1v) is 13.2. The molecule has 0 saturated carbocycles. The maximum Gasteiger partial charge on any atom is 0.251 e. The third-order valence-electron chi connectivity index (χ3n) is 6.99. The van der Waals surface area contributed by atoms with E-state index in [1.807, 2.05) is 0 Å². The van der Waals surface area contributed by atoms with Gasteiger partial charge in [-0.2, -0.15) is 0 Å². The van der Waals surface area contributed by atoms with E-state index in [1.54, 1.807) is 0 Å². The number of methoxy groups -OCH3 is 1. The molecule has 7 nitrogen and oxygen atoms in total. The van der Waals surface area contributed by atoms with Gasteiger partial charge in [-0.1, -0.05) is 0 Å². The van der Waals surface area contributed by atoms with Gasteiger partial charge in [0, 0.05) is 36.8 Å².